The largest absolute Gasteiger partial charge is 0.511 e. The first-order valence-corrected chi connectivity index (χ1v) is 10.4. The molecule has 6 N–H and O–H groups in total. The monoisotopic (exact) mass is 451 g/mol. The first-order chi connectivity index (χ1) is 15.6. The van der Waals surface area contributed by atoms with Gasteiger partial charge in [0.15, 0.2) is 11.4 Å². The second-order valence-corrected chi connectivity index (χ2v) is 8.73. The number of rotatable bonds is 2. The number of phenols is 1. The van der Waals surface area contributed by atoms with Gasteiger partial charge in [0.25, 0.3) is 5.91 Å². The number of ketones is 2. The van der Waals surface area contributed by atoms with Gasteiger partial charge in [-0.05, 0) is 36.5 Å². The Balaban J connectivity index is 1.72. The number of aromatic hydroxyl groups is 1. The molecule has 9 heteroatoms. The topological polar surface area (TPSA) is 167 Å². The summed E-state index contributed by atoms with van der Waals surface area (Å²) in [6.45, 7) is 0. The van der Waals surface area contributed by atoms with Crippen molar-refractivity contribution in [2.24, 2.45) is 17.6 Å². The van der Waals surface area contributed by atoms with Gasteiger partial charge in [-0.25, -0.2) is 0 Å². The van der Waals surface area contributed by atoms with Crippen molar-refractivity contribution in [3.63, 3.8) is 0 Å². The van der Waals surface area contributed by atoms with Crippen molar-refractivity contribution in [3.05, 3.63) is 58.1 Å². The van der Waals surface area contributed by atoms with Crippen molar-refractivity contribution in [1.29, 1.82) is 0 Å². The lowest BCUT2D eigenvalue weighted by atomic mass is 9.60. The number of aliphatic hydroxyl groups excluding tert-OH is 2. The lowest BCUT2D eigenvalue weighted by Gasteiger charge is -2.45. The third kappa shape index (κ3) is 2.59. The summed E-state index contributed by atoms with van der Waals surface area (Å²) < 4.78 is 5.37. The molecule has 1 unspecified atom stereocenters. The minimum absolute atomic E-state index is 0.0209. The van der Waals surface area contributed by atoms with E-state index in [9.17, 15) is 34.8 Å². The highest BCUT2D eigenvalue weighted by Crippen LogP contribution is 2.52. The molecule has 2 aromatic rings. The van der Waals surface area contributed by atoms with Crippen molar-refractivity contribution < 1.29 is 39.5 Å². The van der Waals surface area contributed by atoms with E-state index < -0.39 is 52.0 Å². The molecular weight excluding hydrogens is 430 g/mol. The number of amides is 1. The molecule has 3 aliphatic carbocycles. The lowest BCUT2D eigenvalue weighted by Crippen LogP contribution is -2.57. The highest BCUT2D eigenvalue weighted by molar-refractivity contribution is 6.24. The predicted molar refractivity (Wildman–Crippen MR) is 115 cm³/mol. The van der Waals surface area contributed by atoms with E-state index in [0.717, 1.165) is 0 Å². The Bertz CT molecular complexity index is 1350. The molecule has 3 aliphatic rings. The molecule has 0 saturated heterocycles. The molecule has 0 bridgehead atoms. The zero-order chi connectivity index (χ0) is 23.8. The Morgan fingerprint density at radius 3 is 2.55 bits per heavy atom. The van der Waals surface area contributed by atoms with Crippen molar-refractivity contribution in [2.45, 2.75) is 24.9 Å². The van der Waals surface area contributed by atoms with Crippen molar-refractivity contribution in [1.82, 2.24) is 0 Å². The van der Waals surface area contributed by atoms with Gasteiger partial charge >= 0.3 is 0 Å². The Kier molecular flexibility index (Phi) is 4.35. The molecule has 3 atom stereocenters. The number of fused-ring (bicyclic) bond motifs is 4. The Morgan fingerprint density at radius 1 is 1.15 bits per heavy atom. The number of ether oxygens (including phenoxy) is 1. The van der Waals surface area contributed by atoms with Crippen LogP contribution in [0.1, 0.15) is 28.8 Å². The number of methoxy groups -OCH3 is 1. The van der Waals surface area contributed by atoms with Crippen LogP contribution in [0.15, 0.2) is 46.9 Å². The standard InChI is InChI=1S/C24H21NO8/c1-33-15-4-2-3-12-13(15)7-10-5-9-6-11-8-14(26)18(23(25)31)22(30)24(11,32)21(29)17(9)20(28)16(10)19(12)27/h2-4,7,9,11,26-27,29,32H,5-6,8H2,1H3,(H2,25,31)/t9?,11-,24-/m0/s1. The molecule has 2 aromatic carbocycles. The third-order valence-corrected chi connectivity index (χ3v) is 7.09. The van der Waals surface area contributed by atoms with Gasteiger partial charge in [-0.15, -0.1) is 0 Å². The number of hydrogen-bond donors (Lipinski definition) is 5. The summed E-state index contributed by atoms with van der Waals surface area (Å²) in [5, 5.41) is 44.4. The van der Waals surface area contributed by atoms with E-state index >= 15 is 0 Å². The van der Waals surface area contributed by atoms with Crippen LogP contribution < -0.4 is 10.5 Å². The number of phenolic OH excluding ortho intramolecular Hbond substituents is 1. The minimum atomic E-state index is -2.56. The molecule has 1 amide bonds. The fourth-order valence-corrected chi connectivity index (χ4v) is 5.56. The first-order valence-electron chi connectivity index (χ1n) is 10.4. The lowest BCUT2D eigenvalue weighted by molar-refractivity contribution is -0.144. The Labute approximate surface area is 187 Å². The number of hydrogen-bond acceptors (Lipinski definition) is 8. The van der Waals surface area contributed by atoms with Crippen LogP contribution in [0.25, 0.3) is 10.8 Å². The Hall–Kier alpha value is -3.85. The predicted octanol–water partition coefficient (Wildman–Crippen LogP) is 1.74. The van der Waals surface area contributed by atoms with E-state index in [1.165, 1.54) is 7.11 Å². The zero-order valence-electron chi connectivity index (χ0n) is 17.6. The molecule has 0 radical (unpaired) electrons. The SMILES string of the molecule is COc1cccc2c(O)c3c(cc12)CC1C[C@H]2CC(O)=C(C(N)=O)C(=O)[C@@]2(O)C(O)=C1C3=O. The number of carbonyl (C=O) groups is 3. The number of benzene rings is 2. The summed E-state index contributed by atoms with van der Waals surface area (Å²) in [6.07, 6.45) is 0.0791. The molecule has 9 nitrogen and oxygen atoms in total. The average molecular weight is 451 g/mol. The first kappa shape index (κ1) is 21.0. The molecule has 0 aliphatic heterocycles. The summed E-state index contributed by atoms with van der Waals surface area (Å²) >= 11 is 0. The number of nitrogens with two attached hydrogens (primary N) is 1. The quantitative estimate of drug-likeness (QED) is 0.430. The number of primary amides is 1. The minimum Gasteiger partial charge on any atom is -0.511 e. The van der Waals surface area contributed by atoms with Crippen LogP contribution in [0, 0.1) is 11.8 Å². The zero-order valence-corrected chi connectivity index (χ0v) is 17.6. The van der Waals surface area contributed by atoms with Gasteiger partial charge in [0.05, 0.1) is 12.7 Å². The third-order valence-electron chi connectivity index (χ3n) is 7.09. The molecule has 0 fully saturated rings. The summed E-state index contributed by atoms with van der Waals surface area (Å²) in [6, 6.07) is 6.78. The second-order valence-electron chi connectivity index (χ2n) is 8.73. The van der Waals surface area contributed by atoms with Crippen LogP contribution in [0.4, 0.5) is 0 Å². The van der Waals surface area contributed by atoms with Crippen molar-refractivity contribution in [2.75, 3.05) is 7.11 Å². The van der Waals surface area contributed by atoms with E-state index in [2.05, 4.69) is 0 Å². The van der Waals surface area contributed by atoms with Crippen LogP contribution in [0.5, 0.6) is 11.5 Å². The maximum atomic E-state index is 13.5. The number of aliphatic hydroxyl groups is 3. The van der Waals surface area contributed by atoms with Crippen LogP contribution in [0.2, 0.25) is 0 Å². The van der Waals surface area contributed by atoms with E-state index in [0.29, 0.717) is 22.1 Å². The molecular formula is C24H21NO8. The summed E-state index contributed by atoms with van der Waals surface area (Å²) in [5.74, 6) is -5.88. The number of carbonyl (C=O) groups excluding carboxylic acids is 3. The Morgan fingerprint density at radius 2 is 1.88 bits per heavy atom. The molecule has 0 spiro atoms. The van der Waals surface area contributed by atoms with Gasteiger partial charge in [-0.3, -0.25) is 14.4 Å². The van der Waals surface area contributed by atoms with Crippen molar-refractivity contribution >= 4 is 28.2 Å². The molecule has 33 heavy (non-hydrogen) atoms. The van der Waals surface area contributed by atoms with E-state index in [4.69, 9.17) is 10.5 Å². The van der Waals surface area contributed by atoms with E-state index in [1.54, 1.807) is 24.3 Å². The second kappa shape index (κ2) is 6.82. The van der Waals surface area contributed by atoms with Crippen molar-refractivity contribution in [3.8, 4) is 11.5 Å². The highest BCUT2D eigenvalue weighted by Gasteiger charge is 2.59. The van der Waals surface area contributed by atoms with Crippen LogP contribution >= 0.6 is 0 Å². The van der Waals surface area contributed by atoms with Crippen LogP contribution in [0.3, 0.4) is 0 Å². The number of Topliss-reactive ketones (excluding diaryl/α,β-unsaturated/α-hetero) is 2. The fourth-order valence-electron chi connectivity index (χ4n) is 5.56. The average Bonchev–Trinajstić information content (AvgIpc) is 2.75. The summed E-state index contributed by atoms with van der Waals surface area (Å²) in [7, 11) is 1.50. The van der Waals surface area contributed by atoms with E-state index in [1.807, 2.05) is 0 Å². The highest BCUT2D eigenvalue weighted by atomic mass is 16.5. The van der Waals surface area contributed by atoms with Gasteiger partial charge in [0, 0.05) is 28.7 Å². The summed E-state index contributed by atoms with van der Waals surface area (Å²) in [4.78, 5) is 38.1. The molecule has 170 valence electrons. The smallest absolute Gasteiger partial charge is 0.255 e. The molecule has 0 aromatic heterocycles. The normalized spacial score (nSPS) is 26.7. The fraction of sp³-hybridized carbons (Fsp3) is 0.292. The maximum Gasteiger partial charge on any atom is 0.255 e. The van der Waals surface area contributed by atoms with Crippen LogP contribution in [-0.4, -0.2) is 50.6 Å². The molecule has 0 heterocycles. The van der Waals surface area contributed by atoms with Gasteiger partial charge in [-0.1, -0.05) is 12.1 Å². The molecule has 5 rings (SSSR count). The van der Waals surface area contributed by atoms with E-state index in [-0.39, 0.29) is 36.1 Å². The summed E-state index contributed by atoms with van der Waals surface area (Å²) in [5.41, 5.74) is 2.18. The maximum absolute atomic E-state index is 13.5. The van der Waals surface area contributed by atoms with Gasteiger partial charge in [0.2, 0.25) is 5.78 Å². The van der Waals surface area contributed by atoms with Gasteiger partial charge in [-0.2, -0.15) is 0 Å². The van der Waals surface area contributed by atoms with Crippen LogP contribution in [-0.2, 0) is 16.0 Å². The number of allylic oxidation sites excluding steroid dienone is 2. The van der Waals surface area contributed by atoms with Gasteiger partial charge in [0.1, 0.15) is 28.6 Å². The molecule has 0 saturated carbocycles. The van der Waals surface area contributed by atoms with Gasteiger partial charge < -0.3 is 30.9 Å².